The van der Waals surface area contributed by atoms with Gasteiger partial charge in [0.2, 0.25) is 0 Å². The summed E-state index contributed by atoms with van der Waals surface area (Å²) in [6.45, 7) is 9.45. The van der Waals surface area contributed by atoms with Crippen LogP contribution in [0.4, 0.5) is 17.1 Å². The van der Waals surface area contributed by atoms with Gasteiger partial charge in [-0.25, -0.2) is 0 Å². The highest BCUT2D eigenvalue weighted by Gasteiger charge is 2.37. The molecule has 1 aromatic heterocycles. The van der Waals surface area contributed by atoms with E-state index < -0.39 is 0 Å². The molecular weight excluding hydrogens is 703 g/mol. The van der Waals surface area contributed by atoms with E-state index in [9.17, 15) is 0 Å². The molecule has 0 amide bonds. The van der Waals surface area contributed by atoms with E-state index >= 15 is 0 Å². The summed E-state index contributed by atoms with van der Waals surface area (Å²) in [6, 6.07) is 65.0. The molecule has 58 heavy (non-hydrogen) atoms. The molecule has 0 radical (unpaired) electrons. The van der Waals surface area contributed by atoms with Crippen molar-refractivity contribution in [2.45, 2.75) is 38.5 Å². The lowest BCUT2D eigenvalue weighted by molar-refractivity contribution is 0.660. The molecule has 0 saturated heterocycles. The van der Waals surface area contributed by atoms with Crippen LogP contribution in [-0.2, 0) is 10.8 Å². The van der Waals surface area contributed by atoms with Gasteiger partial charge in [0.25, 0.3) is 0 Å². The number of nitrogens with zero attached hydrogens (tertiary/aromatic N) is 1. The third-order valence-electron chi connectivity index (χ3n) is 13.5. The van der Waals surface area contributed by atoms with Gasteiger partial charge in [-0.05, 0) is 126 Å². The molecule has 10 aromatic rings. The molecule has 2 nitrogen and oxygen atoms in total. The molecule has 0 saturated carbocycles. The highest BCUT2D eigenvalue weighted by Crippen LogP contribution is 2.53. The maximum absolute atomic E-state index is 6.65. The highest BCUT2D eigenvalue weighted by atomic mass is 16.3. The molecule has 0 bridgehead atoms. The first-order valence-electron chi connectivity index (χ1n) is 20.4. The summed E-state index contributed by atoms with van der Waals surface area (Å²) in [5, 5.41) is 7.23. The Kier molecular flexibility index (Phi) is 6.78. The smallest absolute Gasteiger partial charge is 0.136 e. The molecule has 2 aliphatic carbocycles. The Balaban J connectivity index is 1.03. The van der Waals surface area contributed by atoms with Crippen LogP contribution in [0.25, 0.3) is 76.9 Å². The Hall–Kier alpha value is -6.90. The third kappa shape index (κ3) is 4.54. The average molecular weight is 744 g/mol. The van der Waals surface area contributed by atoms with Crippen molar-refractivity contribution in [1.82, 2.24) is 0 Å². The summed E-state index contributed by atoms with van der Waals surface area (Å²) < 4.78 is 6.65. The first-order valence-corrected chi connectivity index (χ1v) is 20.4. The summed E-state index contributed by atoms with van der Waals surface area (Å²) in [6.07, 6.45) is 0. The molecular formula is C56H41NO. The fourth-order valence-corrected chi connectivity index (χ4v) is 10.5. The van der Waals surface area contributed by atoms with E-state index in [4.69, 9.17) is 4.42 Å². The quantitative estimate of drug-likeness (QED) is 0.178. The molecule has 0 spiro atoms. The number of benzene rings is 9. The second-order valence-corrected chi connectivity index (χ2v) is 17.3. The topological polar surface area (TPSA) is 16.4 Å². The molecule has 9 aromatic carbocycles. The van der Waals surface area contributed by atoms with Crippen molar-refractivity contribution in [3.8, 4) is 33.4 Å². The second-order valence-electron chi connectivity index (χ2n) is 17.3. The van der Waals surface area contributed by atoms with Crippen LogP contribution < -0.4 is 4.90 Å². The first kappa shape index (κ1) is 33.3. The van der Waals surface area contributed by atoms with Crippen LogP contribution in [0.3, 0.4) is 0 Å². The van der Waals surface area contributed by atoms with Crippen LogP contribution in [-0.4, -0.2) is 0 Å². The van der Waals surface area contributed by atoms with Crippen LogP contribution in [0.15, 0.2) is 180 Å². The minimum Gasteiger partial charge on any atom is -0.456 e. The van der Waals surface area contributed by atoms with Crippen molar-refractivity contribution in [2.24, 2.45) is 0 Å². The van der Waals surface area contributed by atoms with Gasteiger partial charge < -0.3 is 9.32 Å². The second kappa shape index (κ2) is 11.8. The number of furan rings is 1. The van der Waals surface area contributed by atoms with Crippen LogP contribution in [0.5, 0.6) is 0 Å². The minimum absolute atomic E-state index is 0.109. The molecule has 0 N–H and O–H groups in total. The first-order chi connectivity index (χ1) is 28.3. The van der Waals surface area contributed by atoms with Crippen LogP contribution in [0.2, 0.25) is 0 Å². The number of hydrogen-bond donors (Lipinski definition) is 0. The summed E-state index contributed by atoms with van der Waals surface area (Å²) in [7, 11) is 0. The summed E-state index contributed by atoms with van der Waals surface area (Å²) in [5.74, 6) is 0. The zero-order valence-corrected chi connectivity index (χ0v) is 33.1. The zero-order chi connectivity index (χ0) is 38.9. The third-order valence-corrected chi connectivity index (χ3v) is 13.5. The molecule has 0 atom stereocenters. The largest absolute Gasteiger partial charge is 0.456 e. The normalized spacial score (nSPS) is 14.5. The van der Waals surface area contributed by atoms with Gasteiger partial charge in [-0.15, -0.1) is 0 Å². The fourth-order valence-electron chi connectivity index (χ4n) is 10.5. The molecule has 0 fully saturated rings. The lowest BCUT2D eigenvalue weighted by Crippen LogP contribution is -2.18. The zero-order valence-electron chi connectivity index (χ0n) is 33.1. The van der Waals surface area contributed by atoms with Gasteiger partial charge in [-0.1, -0.05) is 155 Å². The SMILES string of the molecule is CC1(C)c2ccccc2-c2ccc(N(c3ccc(-c4cc5oc6ccc7ccccc7c6c5c5ccccc45)cc3)c3ccc4c(c3)C(C)(C)c3ccccc3-4)cc21. The van der Waals surface area contributed by atoms with Crippen molar-refractivity contribution in [3.05, 3.63) is 198 Å². The molecule has 2 heteroatoms. The minimum atomic E-state index is -0.109. The monoisotopic (exact) mass is 743 g/mol. The summed E-state index contributed by atoms with van der Waals surface area (Å²) in [5.41, 5.74) is 18.2. The highest BCUT2D eigenvalue weighted by molar-refractivity contribution is 6.28. The van der Waals surface area contributed by atoms with Gasteiger partial charge in [0.1, 0.15) is 11.2 Å². The van der Waals surface area contributed by atoms with Crippen molar-refractivity contribution in [3.63, 3.8) is 0 Å². The van der Waals surface area contributed by atoms with E-state index in [-0.39, 0.29) is 10.8 Å². The summed E-state index contributed by atoms with van der Waals surface area (Å²) in [4.78, 5) is 2.45. The molecule has 2 aliphatic rings. The Bertz CT molecular complexity index is 3240. The number of fused-ring (bicyclic) bond motifs is 13. The van der Waals surface area contributed by atoms with Gasteiger partial charge in [0, 0.05) is 38.7 Å². The van der Waals surface area contributed by atoms with E-state index in [1.54, 1.807) is 0 Å². The predicted molar refractivity (Wildman–Crippen MR) is 244 cm³/mol. The van der Waals surface area contributed by atoms with Crippen LogP contribution in [0.1, 0.15) is 49.9 Å². The number of rotatable bonds is 4. The molecule has 0 aliphatic heterocycles. The molecule has 276 valence electrons. The molecule has 12 rings (SSSR count). The van der Waals surface area contributed by atoms with Crippen LogP contribution in [0, 0.1) is 0 Å². The Labute approximate surface area is 338 Å². The van der Waals surface area contributed by atoms with E-state index in [1.807, 2.05) is 0 Å². The lowest BCUT2D eigenvalue weighted by Gasteiger charge is -2.30. The van der Waals surface area contributed by atoms with Gasteiger partial charge in [0.05, 0.1) is 0 Å². The summed E-state index contributed by atoms with van der Waals surface area (Å²) >= 11 is 0. The Morgan fingerprint density at radius 2 is 0.862 bits per heavy atom. The number of anilines is 3. The van der Waals surface area contributed by atoms with Gasteiger partial charge in [-0.3, -0.25) is 0 Å². The van der Waals surface area contributed by atoms with Crippen molar-refractivity contribution in [1.29, 1.82) is 0 Å². The van der Waals surface area contributed by atoms with E-state index in [0.717, 1.165) is 33.8 Å². The van der Waals surface area contributed by atoms with Crippen molar-refractivity contribution < 1.29 is 4.42 Å². The van der Waals surface area contributed by atoms with Gasteiger partial charge in [0.15, 0.2) is 0 Å². The van der Waals surface area contributed by atoms with E-state index in [0.29, 0.717) is 0 Å². The number of hydrogen-bond acceptors (Lipinski definition) is 2. The molecule has 0 unspecified atom stereocenters. The maximum Gasteiger partial charge on any atom is 0.136 e. The fraction of sp³-hybridized carbons (Fsp3) is 0.107. The molecule has 1 heterocycles. The Morgan fingerprint density at radius 1 is 0.362 bits per heavy atom. The van der Waals surface area contributed by atoms with E-state index in [2.05, 4.69) is 209 Å². The van der Waals surface area contributed by atoms with Gasteiger partial charge in [-0.2, -0.15) is 0 Å². The van der Waals surface area contributed by atoms with Crippen LogP contribution >= 0.6 is 0 Å². The standard InChI is InChI=1S/C56H41NO/c1-55(2)47-19-11-9-16-41(47)43-28-26-37(31-49(43)55)57(38-27-29-44-42-17-10-12-20-48(42)56(3,4)50(44)32-38)36-24-21-35(22-25-36)46-33-52-54(45-18-8-7-15-40(45)46)53-39-14-6-5-13-34(39)23-30-51(53)58-52/h5-33H,1-4H3. The Morgan fingerprint density at radius 3 is 1.50 bits per heavy atom. The van der Waals surface area contributed by atoms with Crippen molar-refractivity contribution in [2.75, 3.05) is 4.90 Å². The lowest BCUT2D eigenvalue weighted by atomic mass is 9.82. The predicted octanol–water partition coefficient (Wildman–Crippen LogP) is 15.6. The van der Waals surface area contributed by atoms with E-state index in [1.165, 1.54) is 82.4 Å². The average Bonchev–Trinajstić information content (AvgIpc) is 3.84. The van der Waals surface area contributed by atoms with Crippen molar-refractivity contribution >= 4 is 60.5 Å². The van der Waals surface area contributed by atoms with Gasteiger partial charge >= 0.3 is 0 Å². The maximum atomic E-state index is 6.65.